The average molecular weight is 568 g/mol. The number of ether oxygens (including phenoxy) is 1. The lowest BCUT2D eigenvalue weighted by atomic mass is 9.79. The molecule has 42 heavy (non-hydrogen) atoms. The third-order valence-corrected chi connectivity index (χ3v) is 8.94. The Bertz CT molecular complexity index is 1520. The Hall–Kier alpha value is -4.46. The summed E-state index contributed by atoms with van der Waals surface area (Å²) < 4.78 is 5.55. The Balaban J connectivity index is 1.35. The number of fused-ring (bicyclic) bond motifs is 1. The van der Waals surface area contributed by atoms with Crippen molar-refractivity contribution in [3.05, 3.63) is 101 Å². The molecule has 0 bridgehead atoms. The number of hydrogen-bond donors (Lipinski definition) is 2. The minimum atomic E-state index is -0.914. The van der Waals surface area contributed by atoms with Crippen molar-refractivity contribution in [1.82, 2.24) is 5.01 Å². The first-order valence-electron chi connectivity index (χ1n) is 14.4. The van der Waals surface area contributed by atoms with E-state index in [-0.39, 0.29) is 36.8 Å². The number of amides is 2. The fourth-order valence-corrected chi connectivity index (χ4v) is 5.88. The summed E-state index contributed by atoms with van der Waals surface area (Å²) in [4.78, 5) is 38.4. The summed E-state index contributed by atoms with van der Waals surface area (Å²) in [6.45, 7) is 8.04. The van der Waals surface area contributed by atoms with Crippen LogP contribution in [0.3, 0.4) is 0 Å². The maximum Gasteiger partial charge on any atom is 0.310 e. The van der Waals surface area contributed by atoms with Gasteiger partial charge in [-0.1, -0.05) is 81.8 Å². The Morgan fingerprint density at radius 1 is 1.10 bits per heavy atom. The number of nitrogens with one attached hydrogen (secondary N) is 1. The highest BCUT2D eigenvalue weighted by Gasteiger charge is 2.46. The van der Waals surface area contributed by atoms with Gasteiger partial charge in [-0.2, -0.15) is 0 Å². The van der Waals surface area contributed by atoms with E-state index in [4.69, 9.17) is 4.74 Å². The van der Waals surface area contributed by atoms with Crippen molar-refractivity contribution in [3.63, 3.8) is 0 Å². The molecule has 2 N–H and O–H groups in total. The van der Waals surface area contributed by atoms with E-state index in [1.165, 1.54) is 5.01 Å². The first-order chi connectivity index (χ1) is 20.1. The van der Waals surface area contributed by atoms with Crippen LogP contribution in [-0.4, -0.2) is 40.4 Å². The molecule has 0 radical (unpaired) electrons. The molecule has 218 valence electrons. The predicted octanol–water partition coefficient (Wildman–Crippen LogP) is 5.93. The van der Waals surface area contributed by atoms with Gasteiger partial charge in [-0.05, 0) is 65.6 Å². The maximum atomic E-state index is 13.8. The zero-order chi connectivity index (χ0) is 30.0. The standard InChI is InChI=1S/C34H37N3O5/c1-5-21(2)30(31(39)35-28-13-9-12-26-22(3)34(4,33(40)41)18-27(26)28)24-16-14-23(15-17-24)19-37-29(38)20-42-32(36-37)25-10-7-6-8-11-25/h6-17,21-22,30H,5,18-20H2,1-4H3,(H,35,39)(H,40,41). The second-order valence-electron chi connectivity index (χ2n) is 11.6. The minimum Gasteiger partial charge on any atom is -0.481 e. The molecule has 0 saturated carbocycles. The zero-order valence-electron chi connectivity index (χ0n) is 24.5. The molecule has 8 heteroatoms. The Kier molecular flexibility index (Phi) is 8.16. The van der Waals surface area contributed by atoms with Crippen molar-refractivity contribution >= 4 is 29.4 Å². The summed E-state index contributed by atoms with van der Waals surface area (Å²) in [5, 5.41) is 18.9. The summed E-state index contributed by atoms with van der Waals surface area (Å²) >= 11 is 0. The Morgan fingerprint density at radius 2 is 1.81 bits per heavy atom. The molecule has 3 aromatic rings. The van der Waals surface area contributed by atoms with Gasteiger partial charge in [0.05, 0.1) is 17.9 Å². The smallest absolute Gasteiger partial charge is 0.310 e. The van der Waals surface area contributed by atoms with Crippen molar-refractivity contribution < 1.29 is 24.2 Å². The van der Waals surface area contributed by atoms with Crippen LogP contribution in [0.25, 0.3) is 0 Å². The van der Waals surface area contributed by atoms with Crippen LogP contribution in [0, 0.1) is 11.3 Å². The molecule has 5 rings (SSSR count). The van der Waals surface area contributed by atoms with E-state index in [1.807, 2.05) is 79.7 Å². The summed E-state index contributed by atoms with van der Waals surface area (Å²) in [6, 6.07) is 22.9. The van der Waals surface area contributed by atoms with Crippen LogP contribution in [0.15, 0.2) is 77.9 Å². The monoisotopic (exact) mass is 567 g/mol. The van der Waals surface area contributed by atoms with E-state index < -0.39 is 17.3 Å². The summed E-state index contributed by atoms with van der Waals surface area (Å²) in [5.41, 5.74) is 4.20. The number of carbonyl (C=O) groups is 3. The largest absolute Gasteiger partial charge is 0.481 e. The molecule has 0 aromatic heterocycles. The molecule has 0 fully saturated rings. The van der Waals surface area contributed by atoms with Crippen LogP contribution in [0.5, 0.6) is 0 Å². The SMILES string of the molecule is CCC(C)C(C(=O)Nc1cccc2c1CC(C)(C(=O)O)C2C)c1ccc(CN2N=C(c3ccccc3)OCC2=O)cc1. The molecule has 0 spiro atoms. The average Bonchev–Trinajstić information content (AvgIpc) is 3.27. The quantitative estimate of drug-likeness (QED) is 0.333. The number of benzene rings is 3. The van der Waals surface area contributed by atoms with E-state index in [0.29, 0.717) is 18.0 Å². The number of nitrogens with zero attached hydrogens (tertiary/aromatic N) is 2. The first kappa shape index (κ1) is 29.0. The van der Waals surface area contributed by atoms with Crippen molar-refractivity contribution in [1.29, 1.82) is 0 Å². The molecule has 4 unspecified atom stereocenters. The van der Waals surface area contributed by atoms with Crippen molar-refractivity contribution in [2.45, 2.75) is 58.9 Å². The third kappa shape index (κ3) is 5.53. The van der Waals surface area contributed by atoms with Crippen LogP contribution in [-0.2, 0) is 32.1 Å². The van der Waals surface area contributed by atoms with Gasteiger partial charge >= 0.3 is 5.97 Å². The summed E-state index contributed by atoms with van der Waals surface area (Å²) in [7, 11) is 0. The molecule has 2 aliphatic rings. The Morgan fingerprint density at radius 3 is 2.48 bits per heavy atom. The van der Waals surface area contributed by atoms with Gasteiger partial charge in [0.2, 0.25) is 11.8 Å². The van der Waals surface area contributed by atoms with Crippen LogP contribution < -0.4 is 5.32 Å². The predicted molar refractivity (Wildman–Crippen MR) is 161 cm³/mol. The normalized spacial score (nSPS) is 21.1. The summed E-state index contributed by atoms with van der Waals surface area (Å²) in [6.07, 6.45) is 1.17. The van der Waals surface area contributed by atoms with Crippen molar-refractivity contribution in [2.24, 2.45) is 16.4 Å². The molecular weight excluding hydrogens is 530 g/mol. The number of carboxylic acid groups (broad SMARTS) is 1. The number of carboxylic acids is 1. The molecule has 1 heterocycles. The number of carbonyl (C=O) groups excluding carboxylic acids is 2. The molecule has 0 saturated heterocycles. The lowest BCUT2D eigenvalue weighted by Gasteiger charge is -2.25. The molecule has 8 nitrogen and oxygen atoms in total. The molecule has 1 aliphatic carbocycles. The highest BCUT2D eigenvalue weighted by atomic mass is 16.5. The van der Waals surface area contributed by atoms with Crippen molar-refractivity contribution in [3.8, 4) is 0 Å². The van der Waals surface area contributed by atoms with Gasteiger partial charge in [-0.15, -0.1) is 5.10 Å². The molecule has 4 atom stereocenters. The van der Waals surface area contributed by atoms with E-state index in [2.05, 4.69) is 24.3 Å². The lowest BCUT2D eigenvalue weighted by Crippen LogP contribution is -2.36. The second-order valence-corrected chi connectivity index (χ2v) is 11.6. The number of anilines is 1. The maximum absolute atomic E-state index is 13.8. The van der Waals surface area contributed by atoms with E-state index >= 15 is 0 Å². The molecular formula is C34H37N3O5. The van der Waals surface area contributed by atoms with Crippen LogP contribution in [0.2, 0.25) is 0 Å². The number of aliphatic carboxylic acids is 1. The van der Waals surface area contributed by atoms with Crippen LogP contribution >= 0.6 is 0 Å². The van der Waals surface area contributed by atoms with Gasteiger partial charge in [-0.25, -0.2) is 5.01 Å². The van der Waals surface area contributed by atoms with Crippen LogP contribution in [0.1, 0.15) is 73.8 Å². The van der Waals surface area contributed by atoms with Crippen LogP contribution in [0.4, 0.5) is 5.69 Å². The minimum absolute atomic E-state index is 0.0645. The zero-order valence-corrected chi connectivity index (χ0v) is 24.5. The fourth-order valence-electron chi connectivity index (χ4n) is 5.88. The first-order valence-corrected chi connectivity index (χ1v) is 14.4. The number of hydrogen-bond acceptors (Lipinski definition) is 5. The Labute approximate surface area is 246 Å². The van der Waals surface area contributed by atoms with Gasteiger partial charge in [0.25, 0.3) is 5.91 Å². The number of hydrazone groups is 1. The molecule has 1 aliphatic heterocycles. The molecule has 2 amide bonds. The second kappa shape index (κ2) is 11.8. The highest BCUT2D eigenvalue weighted by Crippen LogP contribution is 2.49. The van der Waals surface area contributed by atoms with Gasteiger partial charge in [0, 0.05) is 11.3 Å². The number of rotatable bonds is 9. The van der Waals surface area contributed by atoms with E-state index in [0.717, 1.165) is 34.2 Å². The summed E-state index contributed by atoms with van der Waals surface area (Å²) in [5.74, 6) is -1.27. The third-order valence-electron chi connectivity index (χ3n) is 8.94. The van der Waals surface area contributed by atoms with Gasteiger partial charge in [0.1, 0.15) is 0 Å². The van der Waals surface area contributed by atoms with Gasteiger partial charge in [-0.3, -0.25) is 14.4 Å². The highest BCUT2D eigenvalue weighted by molar-refractivity contribution is 5.98. The van der Waals surface area contributed by atoms with E-state index in [1.54, 1.807) is 6.92 Å². The van der Waals surface area contributed by atoms with Gasteiger partial charge in [0.15, 0.2) is 6.61 Å². The topological polar surface area (TPSA) is 108 Å². The van der Waals surface area contributed by atoms with Crippen molar-refractivity contribution in [2.75, 3.05) is 11.9 Å². The lowest BCUT2D eigenvalue weighted by molar-refractivity contribution is -0.148. The van der Waals surface area contributed by atoms with Gasteiger partial charge < -0.3 is 15.2 Å². The fraction of sp³-hybridized carbons (Fsp3) is 0.353. The van der Waals surface area contributed by atoms with E-state index in [9.17, 15) is 19.5 Å². The molecule has 3 aromatic carbocycles.